The molecular weight excluding hydrogens is 567 g/mol. The molecule has 0 spiro atoms. The SMILES string of the molecule is CC(C)(C)NS(=O)(=O)c1ccc(C2(O)C(=O)N(Cc3ccc(-c4ccncc4)cc3)c3cc(C(F)(F)F)ccc32)cc1. The van der Waals surface area contributed by atoms with Crippen LogP contribution in [0.4, 0.5) is 18.9 Å². The Bertz CT molecular complexity index is 1740. The second-order valence-corrected chi connectivity index (χ2v) is 12.8. The van der Waals surface area contributed by atoms with E-state index in [1.54, 1.807) is 45.3 Å². The fourth-order valence-electron chi connectivity index (χ4n) is 4.96. The van der Waals surface area contributed by atoms with Gasteiger partial charge in [-0.2, -0.15) is 13.2 Å². The molecule has 0 saturated carbocycles. The first kappa shape index (κ1) is 29.4. The van der Waals surface area contributed by atoms with E-state index in [1.165, 1.54) is 24.3 Å². The number of carbonyl (C=O) groups excluding carboxylic acids is 1. The lowest BCUT2D eigenvalue weighted by Crippen LogP contribution is -2.41. The van der Waals surface area contributed by atoms with Crippen molar-refractivity contribution < 1.29 is 31.5 Å². The molecule has 1 unspecified atom stereocenters. The molecule has 218 valence electrons. The lowest BCUT2D eigenvalue weighted by Gasteiger charge is -2.24. The third-order valence-corrected chi connectivity index (χ3v) is 8.67. The summed E-state index contributed by atoms with van der Waals surface area (Å²) < 4.78 is 69.1. The highest BCUT2D eigenvalue weighted by Gasteiger charge is 2.52. The van der Waals surface area contributed by atoms with E-state index in [1.807, 2.05) is 24.3 Å². The Balaban J connectivity index is 1.53. The van der Waals surface area contributed by atoms with Crippen LogP contribution in [0.15, 0.2) is 96.2 Å². The Kier molecular flexibility index (Phi) is 7.24. The Labute approximate surface area is 241 Å². The maximum absolute atomic E-state index is 13.9. The molecular formula is C31H28F3N3O4S. The Morgan fingerprint density at radius 3 is 2.05 bits per heavy atom. The number of aromatic nitrogens is 1. The molecule has 0 radical (unpaired) electrons. The molecule has 1 aromatic heterocycles. The van der Waals surface area contributed by atoms with Gasteiger partial charge in [0.1, 0.15) is 0 Å². The standard InChI is InChI=1S/C31H28F3N3O4S/c1-29(2,3)36-42(40,41)25-11-8-23(9-12-25)30(39)26-13-10-24(31(32,33)34)18-27(26)37(28(30)38)19-20-4-6-21(7-5-20)22-14-16-35-17-15-22/h4-18,36,39H,19H2,1-3H3. The number of fused-ring (bicyclic) bond motifs is 1. The molecule has 4 aromatic rings. The Morgan fingerprint density at radius 1 is 0.881 bits per heavy atom. The molecule has 0 aliphatic carbocycles. The zero-order valence-electron chi connectivity index (χ0n) is 23.0. The molecule has 1 aliphatic heterocycles. The summed E-state index contributed by atoms with van der Waals surface area (Å²) in [5.74, 6) is -0.849. The highest BCUT2D eigenvalue weighted by atomic mass is 32.2. The summed E-state index contributed by atoms with van der Waals surface area (Å²) in [5, 5.41) is 11.9. The maximum atomic E-state index is 13.9. The molecule has 11 heteroatoms. The highest BCUT2D eigenvalue weighted by Crippen LogP contribution is 2.47. The molecule has 1 amide bonds. The number of pyridine rings is 1. The number of carbonyl (C=O) groups is 1. The van der Waals surface area contributed by atoms with E-state index in [2.05, 4.69) is 9.71 Å². The van der Waals surface area contributed by atoms with E-state index in [0.29, 0.717) is 5.56 Å². The average Bonchev–Trinajstić information content (AvgIpc) is 3.14. The minimum absolute atomic E-state index is 0.0266. The monoisotopic (exact) mass is 595 g/mol. The lowest BCUT2D eigenvalue weighted by atomic mass is 9.87. The van der Waals surface area contributed by atoms with Gasteiger partial charge in [0.15, 0.2) is 5.60 Å². The van der Waals surface area contributed by atoms with Crippen molar-refractivity contribution in [2.75, 3.05) is 4.90 Å². The van der Waals surface area contributed by atoms with Crippen LogP contribution >= 0.6 is 0 Å². The van der Waals surface area contributed by atoms with Gasteiger partial charge in [0.2, 0.25) is 10.0 Å². The van der Waals surface area contributed by atoms with E-state index < -0.39 is 38.8 Å². The number of nitrogens with zero attached hydrogens (tertiary/aromatic N) is 2. The average molecular weight is 596 g/mol. The largest absolute Gasteiger partial charge is 0.416 e. The van der Waals surface area contributed by atoms with Gasteiger partial charge in [-0.3, -0.25) is 9.78 Å². The number of amides is 1. The minimum Gasteiger partial charge on any atom is -0.372 e. The normalized spacial score (nSPS) is 17.4. The number of benzene rings is 3. The van der Waals surface area contributed by atoms with Gasteiger partial charge in [0.05, 0.1) is 22.7 Å². The van der Waals surface area contributed by atoms with Crippen molar-refractivity contribution in [1.82, 2.24) is 9.71 Å². The predicted molar refractivity (Wildman–Crippen MR) is 152 cm³/mol. The number of hydrogen-bond acceptors (Lipinski definition) is 5. The molecule has 2 N–H and O–H groups in total. The van der Waals surface area contributed by atoms with E-state index >= 15 is 0 Å². The van der Waals surface area contributed by atoms with Gasteiger partial charge in [-0.15, -0.1) is 0 Å². The summed E-state index contributed by atoms with van der Waals surface area (Å²) in [5.41, 5.74) is -1.70. The third kappa shape index (κ3) is 5.55. The molecule has 42 heavy (non-hydrogen) atoms. The molecule has 1 atom stereocenters. The second-order valence-electron chi connectivity index (χ2n) is 11.1. The number of anilines is 1. The highest BCUT2D eigenvalue weighted by molar-refractivity contribution is 7.89. The first-order valence-corrected chi connectivity index (χ1v) is 14.5. The zero-order valence-corrected chi connectivity index (χ0v) is 23.8. The van der Waals surface area contributed by atoms with E-state index in [0.717, 1.165) is 34.2 Å². The van der Waals surface area contributed by atoms with Crippen molar-refractivity contribution in [2.24, 2.45) is 0 Å². The van der Waals surface area contributed by atoms with Crippen LogP contribution in [0.3, 0.4) is 0 Å². The molecule has 7 nitrogen and oxygen atoms in total. The fourth-order valence-corrected chi connectivity index (χ4v) is 6.38. The van der Waals surface area contributed by atoms with Crippen LogP contribution in [0.2, 0.25) is 0 Å². The summed E-state index contributed by atoms with van der Waals surface area (Å²) in [6.07, 6.45) is -1.36. The fraction of sp³-hybridized carbons (Fsp3) is 0.226. The van der Waals surface area contributed by atoms with E-state index in [9.17, 15) is 31.5 Å². The van der Waals surface area contributed by atoms with Crippen molar-refractivity contribution in [3.63, 3.8) is 0 Å². The smallest absolute Gasteiger partial charge is 0.372 e. The van der Waals surface area contributed by atoms with E-state index in [-0.39, 0.29) is 28.3 Å². The van der Waals surface area contributed by atoms with Crippen molar-refractivity contribution in [1.29, 1.82) is 0 Å². The van der Waals surface area contributed by atoms with Crippen LogP contribution in [-0.4, -0.2) is 30.0 Å². The number of sulfonamides is 1. The number of hydrogen-bond donors (Lipinski definition) is 2. The van der Waals surface area contributed by atoms with Crippen LogP contribution in [0.25, 0.3) is 11.1 Å². The van der Waals surface area contributed by atoms with Gasteiger partial charge in [-0.25, -0.2) is 13.1 Å². The van der Waals surface area contributed by atoms with Gasteiger partial charge >= 0.3 is 6.18 Å². The van der Waals surface area contributed by atoms with Crippen LogP contribution in [0, 0.1) is 0 Å². The predicted octanol–water partition coefficient (Wildman–Crippen LogP) is 5.63. The van der Waals surface area contributed by atoms with Crippen LogP contribution in [0.1, 0.15) is 43.0 Å². The first-order chi connectivity index (χ1) is 19.6. The van der Waals surface area contributed by atoms with Crippen LogP contribution < -0.4 is 9.62 Å². The number of halogens is 3. The third-order valence-electron chi connectivity index (χ3n) is 6.89. The number of rotatable bonds is 6. The molecule has 5 rings (SSSR count). The Hall–Kier alpha value is -4.06. The topological polar surface area (TPSA) is 99.6 Å². The second kappa shape index (κ2) is 10.3. The summed E-state index contributed by atoms with van der Waals surface area (Å²) in [6.45, 7) is 4.96. The quantitative estimate of drug-likeness (QED) is 0.301. The van der Waals surface area contributed by atoms with Crippen molar-refractivity contribution in [2.45, 2.75) is 49.5 Å². The maximum Gasteiger partial charge on any atom is 0.416 e. The van der Waals surface area contributed by atoms with Gasteiger partial charge in [-0.1, -0.05) is 42.5 Å². The first-order valence-electron chi connectivity index (χ1n) is 13.0. The van der Waals surface area contributed by atoms with Gasteiger partial charge < -0.3 is 10.0 Å². The number of nitrogens with one attached hydrogen (secondary N) is 1. The van der Waals surface area contributed by atoms with Crippen LogP contribution in [-0.2, 0) is 33.1 Å². The summed E-state index contributed by atoms with van der Waals surface area (Å²) >= 11 is 0. The van der Waals surface area contributed by atoms with Crippen LogP contribution in [0.5, 0.6) is 0 Å². The van der Waals surface area contributed by atoms with Crippen molar-refractivity contribution >= 4 is 21.6 Å². The zero-order chi connectivity index (χ0) is 30.5. The summed E-state index contributed by atoms with van der Waals surface area (Å²) in [7, 11) is -3.90. The molecule has 0 bridgehead atoms. The molecule has 0 saturated heterocycles. The Morgan fingerprint density at radius 2 is 1.48 bits per heavy atom. The van der Waals surface area contributed by atoms with Gasteiger partial charge in [0.25, 0.3) is 5.91 Å². The van der Waals surface area contributed by atoms with Crippen molar-refractivity contribution in [3.05, 3.63) is 114 Å². The molecule has 2 heterocycles. The molecule has 1 aliphatic rings. The molecule has 0 fully saturated rings. The lowest BCUT2D eigenvalue weighted by molar-refractivity contribution is -0.137. The number of aliphatic hydroxyl groups is 1. The molecule has 3 aromatic carbocycles. The van der Waals surface area contributed by atoms with Crippen molar-refractivity contribution in [3.8, 4) is 11.1 Å². The summed E-state index contributed by atoms with van der Waals surface area (Å²) in [6, 6.07) is 18.7. The minimum atomic E-state index is -4.67. The number of alkyl halides is 3. The van der Waals surface area contributed by atoms with Gasteiger partial charge in [-0.05, 0) is 79.4 Å². The summed E-state index contributed by atoms with van der Waals surface area (Å²) in [4.78, 5) is 18.9. The van der Waals surface area contributed by atoms with E-state index in [4.69, 9.17) is 0 Å². The van der Waals surface area contributed by atoms with Gasteiger partial charge in [0, 0.05) is 23.5 Å².